The van der Waals surface area contributed by atoms with Crippen LogP contribution in [0.15, 0.2) is 36.7 Å². The van der Waals surface area contributed by atoms with Crippen LogP contribution in [0.3, 0.4) is 0 Å². The minimum absolute atomic E-state index is 0.0554. The van der Waals surface area contributed by atoms with Crippen molar-refractivity contribution < 1.29 is 13.9 Å². The summed E-state index contributed by atoms with van der Waals surface area (Å²) in [6.45, 7) is 2.97. The molecule has 0 spiro atoms. The molecule has 0 fully saturated rings. The number of nitrogens with one attached hydrogen (secondary N) is 1. The zero-order chi connectivity index (χ0) is 19.0. The molecular formula is C20H21FN4O2. The van der Waals surface area contributed by atoms with Crippen molar-refractivity contribution in [3.8, 4) is 11.5 Å². The van der Waals surface area contributed by atoms with Gasteiger partial charge in [0.25, 0.3) is 0 Å². The average Bonchev–Trinajstić information content (AvgIpc) is 2.64. The quantitative estimate of drug-likeness (QED) is 0.760. The van der Waals surface area contributed by atoms with Gasteiger partial charge in [0.05, 0.1) is 11.2 Å². The number of anilines is 2. The molecule has 1 aliphatic rings. The minimum Gasteiger partial charge on any atom is -0.486 e. The van der Waals surface area contributed by atoms with Gasteiger partial charge in [-0.1, -0.05) is 12.1 Å². The number of likely N-dealkylation sites (N-methyl/N-ethyl adjacent to an activating group) is 1. The molecule has 3 aromatic rings. The van der Waals surface area contributed by atoms with Gasteiger partial charge in [0.1, 0.15) is 30.7 Å². The summed E-state index contributed by atoms with van der Waals surface area (Å²) in [5.74, 6) is 1.52. The van der Waals surface area contributed by atoms with Crippen LogP contribution in [-0.2, 0) is 0 Å². The van der Waals surface area contributed by atoms with E-state index in [9.17, 15) is 4.39 Å². The summed E-state index contributed by atoms with van der Waals surface area (Å²) in [6.07, 6.45) is 1.39. The SMILES string of the molecule is Cc1cccc(Nc2ncnc3cc4c(cc23)OC(CN(C)C)CO4)c1F. The van der Waals surface area contributed by atoms with Gasteiger partial charge in [-0.3, -0.25) is 0 Å². The molecule has 0 amide bonds. The van der Waals surface area contributed by atoms with Crippen LogP contribution in [0.4, 0.5) is 15.9 Å². The third-order valence-corrected chi connectivity index (χ3v) is 4.43. The molecule has 140 valence electrons. The lowest BCUT2D eigenvalue weighted by Gasteiger charge is -2.28. The Morgan fingerprint density at radius 2 is 2.07 bits per heavy atom. The van der Waals surface area contributed by atoms with Crippen molar-refractivity contribution in [2.24, 2.45) is 0 Å². The smallest absolute Gasteiger partial charge is 0.163 e. The first kappa shape index (κ1) is 17.5. The van der Waals surface area contributed by atoms with Gasteiger partial charge in [-0.05, 0) is 38.7 Å². The van der Waals surface area contributed by atoms with E-state index in [4.69, 9.17) is 9.47 Å². The summed E-state index contributed by atoms with van der Waals surface area (Å²) in [4.78, 5) is 10.7. The number of benzene rings is 2. The highest BCUT2D eigenvalue weighted by Crippen LogP contribution is 2.37. The average molecular weight is 368 g/mol. The van der Waals surface area contributed by atoms with Crippen molar-refractivity contribution in [3.05, 3.63) is 48.0 Å². The Balaban J connectivity index is 1.71. The summed E-state index contributed by atoms with van der Waals surface area (Å²) in [5.41, 5.74) is 1.64. The van der Waals surface area contributed by atoms with Crippen molar-refractivity contribution in [1.29, 1.82) is 0 Å². The molecule has 0 bridgehead atoms. The van der Waals surface area contributed by atoms with Crippen LogP contribution >= 0.6 is 0 Å². The monoisotopic (exact) mass is 368 g/mol. The van der Waals surface area contributed by atoms with Crippen LogP contribution in [0.5, 0.6) is 11.5 Å². The van der Waals surface area contributed by atoms with Gasteiger partial charge >= 0.3 is 0 Å². The summed E-state index contributed by atoms with van der Waals surface area (Å²) < 4.78 is 26.3. The molecule has 1 unspecified atom stereocenters. The highest BCUT2D eigenvalue weighted by atomic mass is 19.1. The molecule has 0 saturated heterocycles. The fourth-order valence-electron chi connectivity index (χ4n) is 3.13. The lowest BCUT2D eigenvalue weighted by molar-refractivity contribution is 0.0713. The van der Waals surface area contributed by atoms with E-state index in [0.29, 0.717) is 40.7 Å². The van der Waals surface area contributed by atoms with Crippen molar-refractivity contribution in [2.75, 3.05) is 32.6 Å². The minimum atomic E-state index is -0.298. The van der Waals surface area contributed by atoms with E-state index < -0.39 is 0 Å². The maximum atomic E-state index is 14.4. The topological polar surface area (TPSA) is 59.5 Å². The molecule has 2 heterocycles. The molecule has 0 saturated carbocycles. The number of rotatable bonds is 4. The predicted molar refractivity (Wildman–Crippen MR) is 102 cm³/mol. The van der Waals surface area contributed by atoms with Crippen LogP contribution in [0.25, 0.3) is 10.9 Å². The largest absolute Gasteiger partial charge is 0.486 e. The van der Waals surface area contributed by atoms with E-state index in [0.717, 1.165) is 11.9 Å². The van der Waals surface area contributed by atoms with Crippen LogP contribution in [-0.4, -0.2) is 48.2 Å². The Hall–Kier alpha value is -2.93. The van der Waals surface area contributed by atoms with Gasteiger partial charge in [-0.25, -0.2) is 14.4 Å². The van der Waals surface area contributed by atoms with Crippen LogP contribution in [0.1, 0.15) is 5.56 Å². The van der Waals surface area contributed by atoms with Crippen molar-refractivity contribution >= 4 is 22.4 Å². The highest BCUT2D eigenvalue weighted by Gasteiger charge is 2.23. The number of nitrogens with zero attached hydrogens (tertiary/aromatic N) is 3. The Morgan fingerprint density at radius 3 is 2.89 bits per heavy atom. The molecule has 2 aromatic carbocycles. The molecule has 1 aromatic heterocycles. The Labute approximate surface area is 156 Å². The first-order chi connectivity index (χ1) is 13.0. The van der Waals surface area contributed by atoms with Crippen molar-refractivity contribution in [3.63, 3.8) is 0 Å². The summed E-state index contributed by atoms with van der Waals surface area (Å²) in [6, 6.07) is 8.89. The fourth-order valence-corrected chi connectivity index (χ4v) is 3.13. The number of fused-ring (bicyclic) bond motifs is 2. The Kier molecular flexibility index (Phi) is 4.53. The van der Waals surface area contributed by atoms with Crippen LogP contribution in [0, 0.1) is 12.7 Å². The van der Waals surface area contributed by atoms with E-state index in [1.807, 2.05) is 26.2 Å². The first-order valence-corrected chi connectivity index (χ1v) is 8.76. The third-order valence-electron chi connectivity index (χ3n) is 4.43. The van der Waals surface area contributed by atoms with Gasteiger partial charge in [0.2, 0.25) is 0 Å². The van der Waals surface area contributed by atoms with E-state index >= 15 is 0 Å². The van der Waals surface area contributed by atoms with Crippen LogP contribution in [0.2, 0.25) is 0 Å². The first-order valence-electron chi connectivity index (χ1n) is 8.76. The second-order valence-corrected chi connectivity index (χ2v) is 6.91. The number of aryl methyl sites for hydroxylation is 1. The number of hydrogen-bond acceptors (Lipinski definition) is 6. The zero-order valence-corrected chi connectivity index (χ0v) is 15.5. The molecule has 1 N–H and O–H groups in total. The molecular weight excluding hydrogens is 347 g/mol. The van der Waals surface area contributed by atoms with Crippen molar-refractivity contribution in [1.82, 2.24) is 14.9 Å². The molecule has 7 heteroatoms. The number of ether oxygens (including phenoxy) is 2. The molecule has 0 radical (unpaired) electrons. The summed E-state index contributed by atoms with van der Waals surface area (Å²) in [7, 11) is 3.98. The number of aromatic nitrogens is 2. The molecule has 4 rings (SSSR count). The van der Waals surface area contributed by atoms with E-state index in [-0.39, 0.29) is 11.9 Å². The maximum Gasteiger partial charge on any atom is 0.163 e. The van der Waals surface area contributed by atoms with E-state index in [1.165, 1.54) is 6.33 Å². The molecule has 0 aliphatic carbocycles. The molecule has 1 aliphatic heterocycles. The number of hydrogen-bond donors (Lipinski definition) is 1. The second kappa shape index (κ2) is 7.00. The van der Waals surface area contributed by atoms with Gasteiger partial charge in [0, 0.05) is 18.0 Å². The summed E-state index contributed by atoms with van der Waals surface area (Å²) in [5, 5.41) is 3.82. The van der Waals surface area contributed by atoms with Gasteiger partial charge in [0.15, 0.2) is 11.5 Å². The van der Waals surface area contributed by atoms with Crippen molar-refractivity contribution in [2.45, 2.75) is 13.0 Å². The van der Waals surface area contributed by atoms with Gasteiger partial charge in [-0.15, -0.1) is 0 Å². The van der Waals surface area contributed by atoms with Crippen LogP contribution < -0.4 is 14.8 Å². The third kappa shape index (κ3) is 3.50. The second-order valence-electron chi connectivity index (χ2n) is 6.91. The Morgan fingerprint density at radius 1 is 1.22 bits per heavy atom. The standard InChI is InChI=1S/C20H21FN4O2/c1-12-5-4-6-15(19(12)21)24-20-14-7-18-17(8-16(14)22-11-23-20)26-10-13(27-18)9-25(2)3/h4-8,11,13H,9-10H2,1-3H3,(H,22,23,24). The molecule has 6 nitrogen and oxygen atoms in total. The van der Waals surface area contributed by atoms with Gasteiger partial charge < -0.3 is 19.7 Å². The number of halogens is 1. The van der Waals surface area contributed by atoms with E-state index in [1.54, 1.807) is 25.1 Å². The molecule has 1 atom stereocenters. The normalized spacial score (nSPS) is 16.0. The fraction of sp³-hybridized carbons (Fsp3) is 0.300. The zero-order valence-electron chi connectivity index (χ0n) is 15.5. The molecule has 27 heavy (non-hydrogen) atoms. The summed E-state index contributed by atoms with van der Waals surface area (Å²) >= 11 is 0. The Bertz CT molecular complexity index is 993. The lowest BCUT2D eigenvalue weighted by atomic mass is 10.1. The highest BCUT2D eigenvalue weighted by molar-refractivity contribution is 5.93. The maximum absolute atomic E-state index is 14.4. The predicted octanol–water partition coefficient (Wildman–Crippen LogP) is 3.52. The van der Waals surface area contributed by atoms with E-state index in [2.05, 4.69) is 20.2 Å². The lowest BCUT2D eigenvalue weighted by Crippen LogP contribution is -2.37. The van der Waals surface area contributed by atoms with Gasteiger partial charge in [-0.2, -0.15) is 0 Å².